The van der Waals surface area contributed by atoms with Crippen LogP contribution in [0.15, 0.2) is 59.0 Å². The highest BCUT2D eigenvalue weighted by molar-refractivity contribution is 7.12. The van der Waals surface area contributed by atoms with Crippen molar-refractivity contribution < 1.29 is 9.72 Å². The molecule has 1 heterocycles. The summed E-state index contributed by atoms with van der Waals surface area (Å²) in [6.07, 6.45) is 0.211. The molecule has 0 unspecified atom stereocenters. The molecule has 0 aliphatic rings. The summed E-state index contributed by atoms with van der Waals surface area (Å²) in [5, 5.41) is 18.3. The first kappa shape index (κ1) is 16.8. The number of nitrogens with zero attached hydrogens (tertiary/aromatic N) is 2. The third-order valence-corrected chi connectivity index (χ3v) is 4.76. The van der Waals surface area contributed by atoms with Gasteiger partial charge in [0.1, 0.15) is 0 Å². The molecule has 3 rings (SSSR count). The van der Waals surface area contributed by atoms with Crippen molar-refractivity contribution in [1.29, 1.82) is 0 Å². The SMILES string of the molecule is C/C(=N\NC(=O)Cc1cccc2ccccc12)c1cc([N+](=O)[O-])cs1. The Kier molecular flexibility index (Phi) is 4.85. The maximum atomic E-state index is 12.2. The molecule has 0 spiro atoms. The molecular formula is C18H15N3O3S. The number of amides is 1. The molecule has 25 heavy (non-hydrogen) atoms. The first-order chi connectivity index (χ1) is 12.0. The molecule has 1 amide bonds. The van der Waals surface area contributed by atoms with Crippen molar-refractivity contribution in [3.05, 3.63) is 74.5 Å². The van der Waals surface area contributed by atoms with E-state index in [-0.39, 0.29) is 18.0 Å². The van der Waals surface area contributed by atoms with E-state index in [1.165, 1.54) is 22.8 Å². The Morgan fingerprint density at radius 2 is 2.00 bits per heavy atom. The van der Waals surface area contributed by atoms with Gasteiger partial charge in [-0.05, 0) is 23.3 Å². The Labute approximate surface area is 148 Å². The Morgan fingerprint density at radius 3 is 2.76 bits per heavy atom. The van der Waals surface area contributed by atoms with E-state index < -0.39 is 4.92 Å². The summed E-state index contributed by atoms with van der Waals surface area (Å²) in [6.45, 7) is 1.70. The lowest BCUT2D eigenvalue weighted by Crippen LogP contribution is -2.21. The van der Waals surface area contributed by atoms with Gasteiger partial charge in [0, 0.05) is 6.07 Å². The summed E-state index contributed by atoms with van der Waals surface area (Å²) in [5.41, 5.74) is 4.00. The summed E-state index contributed by atoms with van der Waals surface area (Å²) >= 11 is 1.22. The van der Waals surface area contributed by atoms with Gasteiger partial charge in [0.2, 0.25) is 5.91 Å². The number of nitrogens with one attached hydrogen (secondary N) is 1. The summed E-state index contributed by atoms with van der Waals surface area (Å²) in [7, 11) is 0. The molecular weight excluding hydrogens is 338 g/mol. The Bertz CT molecular complexity index is 973. The van der Waals surface area contributed by atoms with Gasteiger partial charge >= 0.3 is 0 Å². The minimum absolute atomic E-state index is 0.0247. The fourth-order valence-electron chi connectivity index (χ4n) is 2.47. The third kappa shape index (κ3) is 3.89. The van der Waals surface area contributed by atoms with Crippen molar-refractivity contribution in [1.82, 2.24) is 5.43 Å². The van der Waals surface area contributed by atoms with Gasteiger partial charge in [0.15, 0.2) is 0 Å². The van der Waals surface area contributed by atoms with Crippen LogP contribution in [0.2, 0.25) is 0 Å². The quantitative estimate of drug-likeness (QED) is 0.429. The Morgan fingerprint density at radius 1 is 1.24 bits per heavy atom. The van der Waals surface area contributed by atoms with E-state index in [1.54, 1.807) is 6.92 Å². The average Bonchev–Trinajstić information content (AvgIpc) is 3.10. The van der Waals surface area contributed by atoms with Gasteiger partial charge in [-0.1, -0.05) is 42.5 Å². The molecule has 6 nitrogen and oxygen atoms in total. The second-order valence-electron chi connectivity index (χ2n) is 5.47. The van der Waals surface area contributed by atoms with Crippen LogP contribution < -0.4 is 5.43 Å². The van der Waals surface area contributed by atoms with E-state index in [1.807, 2.05) is 42.5 Å². The summed E-state index contributed by atoms with van der Waals surface area (Å²) in [6, 6.07) is 15.2. The van der Waals surface area contributed by atoms with Crippen LogP contribution in [0.3, 0.4) is 0 Å². The van der Waals surface area contributed by atoms with Gasteiger partial charge in [0.25, 0.3) is 5.69 Å². The number of thiophene rings is 1. The van der Waals surface area contributed by atoms with Crippen LogP contribution in [0.5, 0.6) is 0 Å². The Balaban J connectivity index is 1.70. The van der Waals surface area contributed by atoms with Gasteiger partial charge in [-0.15, -0.1) is 11.3 Å². The first-order valence-corrected chi connectivity index (χ1v) is 8.45. The monoisotopic (exact) mass is 353 g/mol. The van der Waals surface area contributed by atoms with Crippen molar-refractivity contribution >= 4 is 39.4 Å². The number of carbonyl (C=O) groups excluding carboxylic acids is 1. The van der Waals surface area contributed by atoms with Gasteiger partial charge in [-0.3, -0.25) is 14.9 Å². The van der Waals surface area contributed by atoms with E-state index in [4.69, 9.17) is 0 Å². The Hall–Kier alpha value is -3.06. The van der Waals surface area contributed by atoms with E-state index in [2.05, 4.69) is 10.5 Å². The zero-order valence-corrected chi connectivity index (χ0v) is 14.2. The lowest BCUT2D eigenvalue weighted by molar-refractivity contribution is -0.384. The molecule has 0 aliphatic carbocycles. The van der Waals surface area contributed by atoms with E-state index in [9.17, 15) is 14.9 Å². The van der Waals surface area contributed by atoms with Crippen LogP contribution in [0, 0.1) is 10.1 Å². The van der Waals surface area contributed by atoms with E-state index >= 15 is 0 Å². The zero-order valence-electron chi connectivity index (χ0n) is 13.4. The number of fused-ring (bicyclic) bond motifs is 1. The molecule has 0 saturated heterocycles. The second kappa shape index (κ2) is 7.23. The first-order valence-electron chi connectivity index (χ1n) is 7.57. The minimum atomic E-state index is -0.452. The number of hydrogen-bond donors (Lipinski definition) is 1. The average molecular weight is 353 g/mol. The van der Waals surface area contributed by atoms with Gasteiger partial charge in [0.05, 0.1) is 27.3 Å². The molecule has 2 aromatic carbocycles. The number of carbonyl (C=O) groups is 1. The van der Waals surface area contributed by atoms with Crippen LogP contribution in [-0.2, 0) is 11.2 Å². The van der Waals surface area contributed by atoms with E-state index in [0.29, 0.717) is 10.6 Å². The van der Waals surface area contributed by atoms with Crippen molar-refractivity contribution in [3.63, 3.8) is 0 Å². The number of hydrazone groups is 1. The van der Waals surface area contributed by atoms with Crippen molar-refractivity contribution in [2.75, 3.05) is 0 Å². The van der Waals surface area contributed by atoms with Crippen LogP contribution in [0.1, 0.15) is 17.4 Å². The van der Waals surface area contributed by atoms with Crippen LogP contribution >= 0.6 is 11.3 Å². The van der Waals surface area contributed by atoms with E-state index in [0.717, 1.165) is 16.3 Å². The molecule has 1 N–H and O–H groups in total. The molecule has 126 valence electrons. The molecule has 0 fully saturated rings. The maximum Gasteiger partial charge on any atom is 0.280 e. The minimum Gasteiger partial charge on any atom is -0.273 e. The number of benzene rings is 2. The molecule has 0 radical (unpaired) electrons. The van der Waals surface area contributed by atoms with Crippen LogP contribution in [0.25, 0.3) is 10.8 Å². The van der Waals surface area contributed by atoms with Crippen molar-refractivity contribution in [3.8, 4) is 0 Å². The molecule has 0 saturated carbocycles. The second-order valence-corrected chi connectivity index (χ2v) is 6.38. The maximum absolute atomic E-state index is 12.2. The zero-order chi connectivity index (χ0) is 17.8. The smallest absolute Gasteiger partial charge is 0.273 e. The molecule has 7 heteroatoms. The number of rotatable bonds is 5. The molecule has 3 aromatic rings. The van der Waals surface area contributed by atoms with Crippen LogP contribution in [0.4, 0.5) is 5.69 Å². The lowest BCUT2D eigenvalue weighted by atomic mass is 10.0. The highest BCUT2D eigenvalue weighted by Crippen LogP contribution is 2.22. The normalized spacial score (nSPS) is 11.5. The highest BCUT2D eigenvalue weighted by Gasteiger charge is 2.12. The van der Waals surface area contributed by atoms with Crippen LogP contribution in [-0.4, -0.2) is 16.5 Å². The highest BCUT2D eigenvalue weighted by atomic mass is 32.1. The fourth-order valence-corrected chi connectivity index (χ4v) is 3.28. The molecule has 0 atom stereocenters. The summed E-state index contributed by atoms with van der Waals surface area (Å²) in [4.78, 5) is 23.1. The predicted molar refractivity (Wildman–Crippen MR) is 99.0 cm³/mol. The third-order valence-electron chi connectivity index (χ3n) is 3.73. The van der Waals surface area contributed by atoms with Gasteiger partial charge in [-0.2, -0.15) is 5.10 Å². The molecule has 0 aliphatic heterocycles. The molecule has 1 aromatic heterocycles. The topological polar surface area (TPSA) is 84.6 Å². The van der Waals surface area contributed by atoms with Crippen molar-refractivity contribution in [2.45, 2.75) is 13.3 Å². The van der Waals surface area contributed by atoms with Gasteiger partial charge in [-0.25, -0.2) is 5.43 Å². The number of nitro groups is 1. The summed E-state index contributed by atoms with van der Waals surface area (Å²) in [5.74, 6) is -0.234. The number of hydrogen-bond acceptors (Lipinski definition) is 5. The summed E-state index contributed by atoms with van der Waals surface area (Å²) < 4.78 is 0. The molecule has 0 bridgehead atoms. The standard InChI is InChI=1S/C18H15N3O3S/c1-12(17-10-15(11-25-17)21(23)24)19-20-18(22)9-14-7-4-6-13-5-2-3-8-16(13)14/h2-8,10-11H,9H2,1H3,(H,20,22)/b19-12+. The fraction of sp³-hybridized carbons (Fsp3) is 0.111. The lowest BCUT2D eigenvalue weighted by Gasteiger charge is -2.06. The predicted octanol–water partition coefficient (Wildman–Crippen LogP) is 3.89. The largest absolute Gasteiger partial charge is 0.280 e. The van der Waals surface area contributed by atoms with Crippen molar-refractivity contribution in [2.24, 2.45) is 5.10 Å². The van der Waals surface area contributed by atoms with Gasteiger partial charge < -0.3 is 0 Å².